The first-order valence-electron chi connectivity index (χ1n) is 12.4. The van der Waals surface area contributed by atoms with Gasteiger partial charge in [0.15, 0.2) is 5.13 Å². The van der Waals surface area contributed by atoms with Crippen molar-refractivity contribution in [3.63, 3.8) is 0 Å². The van der Waals surface area contributed by atoms with E-state index < -0.39 is 15.9 Å². The summed E-state index contributed by atoms with van der Waals surface area (Å²) < 4.78 is 45.6. The Morgan fingerprint density at radius 3 is 2.65 bits per heavy atom. The Labute approximate surface area is 221 Å². The maximum absolute atomic E-state index is 14.0. The number of carbonyl (C=O) groups is 1. The average molecular weight is 546 g/mol. The van der Waals surface area contributed by atoms with Crippen LogP contribution in [0.3, 0.4) is 0 Å². The van der Waals surface area contributed by atoms with Crippen molar-refractivity contribution in [1.29, 1.82) is 0 Å². The predicted molar refractivity (Wildman–Crippen MR) is 142 cm³/mol. The third kappa shape index (κ3) is 5.31. The molecule has 2 saturated heterocycles. The van der Waals surface area contributed by atoms with Crippen LogP contribution in [0.5, 0.6) is 11.5 Å². The molecule has 198 valence electrons. The van der Waals surface area contributed by atoms with E-state index in [1.54, 1.807) is 24.1 Å². The van der Waals surface area contributed by atoms with Crippen molar-refractivity contribution in [2.24, 2.45) is 5.92 Å². The molecule has 0 bridgehead atoms. The van der Waals surface area contributed by atoms with Crippen LogP contribution in [-0.2, 0) is 19.6 Å². The second-order valence-corrected chi connectivity index (χ2v) is 12.2. The van der Waals surface area contributed by atoms with Crippen LogP contribution >= 0.6 is 11.3 Å². The molecule has 0 spiro atoms. The number of fused-ring (bicyclic) bond motifs is 1. The largest absolute Gasteiger partial charge is 0.497 e. The maximum Gasteiger partial charge on any atom is 0.243 e. The first kappa shape index (κ1) is 25.9. The van der Waals surface area contributed by atoms with Gasteiger partial charge in [0.2, 0.25) is 15.9 Å². The van der Waals surface area contributed by atoms with Crippen molar-refractivity contribution < 1.29 is 27.4 Å². The summed E-state index contributed by atoms with van der Waals surface area (Å²) in [5.74, 6) is 0.641. The van der Waals surface area contributed by atoms with Crippen LogP contribution < -0.4 is 14.4 Å². The normalized spacial score (nSPS) is 20.7. The summed E-state index contributed by atoms with van der Waals surface area (Å²) in [5.41, 5.74) is 0.711. The number of rotatable bonds is 8. The van der Waals surface area contributed by atoms with Gasteiger partial charge in [-0.05, 0) is 62.1 Å². The zero-order chi connectivity index (χ0) is 26.0. The number of methoxy groups -OCH3 is 2. The van der Waals surface area contributed by atoms with Crippen LogP contribution in [0.2, 0.25) is 0 Å². The molecule has 2 aromatic carbocycles. The van der Waals surface area contributed by atoms with Gasteiger partial charge in [-0.3, -0.25) is 9.69 Å². The van der Waals surface area contributed by atoms with E-state index in [0.29, 0.717) is 54.7 Å². The van der Waals surface area contributed by atoms with E-state index in [0.717, 1.165) is 17.5 Å². The molecule has 3 aromatic rings. The van der Waals surface area contributed by atoms with Crippen molar-refractivity contribution in [3.8, 4) is 11.5 Å². The zero-order valence-corrected chi connectivity index (χ0v) is 22.6. The molecule has 2 unspecified atom stereocenters. The topological polar surface area (TPSA) is 98.3 Å². The van der Waals surface area contributed by atoms with Gasteiger partial charge in [0, 0.05) is 19.7 Å². The summed E-state index contributed by atoms with van der Waals surface area (Å²) in [4.78, 5) is 20.6. The Kier molecular flexibility index (Phi) is 7.66. The van der Waals surface area contributed by atoms with Crippen LogP contribution in [0.4, 0.5) is 5.13 Å². The molecule has 5 rings (SSSR count). The van der Waals surface area contributed by atoms with E-state index in [-0.39, 0.29) is 23.5 Å². The first-order chi connectivity index (χ1) is 17.9. The number of ether oxygens (including phenoxy) is 3. The van der Waals surface area contributed by atoms with Crippen molar-refractivity contribution in [1.82, 2.24) is 9.29 Å². The van der Waals surface area contributed by atoms with Gasteiger partial charge in [-0.1, -0.05) is 17.4 Å². The minimum absolute atomic E-state index is 0.0689. The van der Waals surface area contributed by atoms with Gasteiger partial charge < -0.3 is 14.2 Å². The SMILES string of the molecule is COc1ccc(S(=O)(=O)N2CCCC(C(=O)N(CC3CCCO3)c3nc4c(OC)cccc4s3)C2)cc1. The summed E-state index contributed by atoms with van der Waals surface area (Å²) in [6.07, 6.45) is 2.98. The lowest BCUT2D eigenvalue weighted by molar-refractivity contribution is -0.123. The number of benzene rings is 2. The van der Waals surface area contributed by atoms with Gasteiger partial charge in [0.25, 0.3) is 0 Å². The molecule has 2 fully saturated rings. The molecule has 37 heavy (non-hydrogen) atoms. The number of thiazole rings is 1. The Bertz CT molecular complexity index is 1350. The monoisotopic (exact) mass is 545 g/mol. The molecule has 2 aliphatic heterocycles. The Hall–Kier alpha value is -2.73. The molecule has 2 aliphatic rings. The minimum Gasteiger partial charge on any atom is -0.497 e. The standard InChI is InChI=1S/C26H31N3O6S2/c1-33-19-10-12-21(13-11-19)37(31,32)28-14-4-6-18(16-28)25(30)29(17-20-7-5-15-35-20)26-27-24-22(34-2)8-3-9-23(24)36-26/h3,8-13,18,20H,4-7,14-17H2,1-2H3. The van der Waals surface area contributed by atoms with E-state index in [1.807, 2.05) is 18.2 Å². The fraction of sp³-hybridized carbons (Fsp3) is 0.462. The van der Waals surface area contributed by atoms with Gasteiger partial charge in [0.1, 0.15) is 17.0 Å². The number of carbonyl (C=O) groups excluding carboxylic acids is 1. The van der Waals surface area contributed by atoms with Crippen LogP contribution in [0.1, 0.15) is 25.7 Å². The molecule has 9 nitrogen and oxygen atoms in total. The van der Waals surface area contributed by atoms with Crippen molar-refractivity contribution in [3.05, 3.63) is 42.5 Å². The number of amides is 1. The second-order valence-electron chi connectivity index (χ2n) is 9.27. The summed E-state index contributed by atoms with van der Waals surface area (Å²) in [5, 5.41) is 0.579. The Balaban J connectivity index is 1.41. The van der Waals surface area contributed by atoms with Gasteiger partial charge in [0.05, 0.1) is 42.4 Å². The van der Waals surface area contributed by atoms with Gasteiger partial charge in [-0.25, -0.2) is 13.4 Å². The highest BCUT2D eigenvalue weighted by Crippen LogP contribution is 2.36. The van der Waals surface area contributed by atoms with Crippen LogP contribution in [0.25, 0.3) is 10.2 Å². The second kappa shape index (κ2) is 10.9. The number of nitrogens with zero attached hydrogens (tertiary/aromatic N) is 3. The lowest BCUT2D eigenvalue weighted by atomic mass is 9.98. The molecule has 3 heterocycles. The van der Waals surface area contributed by atoms with Gasteiger partial charge in [-0.2, -0.15) is 4.31 Å². The molecule has 2 atom stereocenters. The number of para-hydroxylation sites is 1. The lowest BCUT2D eigenvalue weighted by Crippen LogP contribution is -2.48. The van der Waals surface area contributed by atoms with E-state index in [9.17, 15) is 13.2 Å². The molecule has 1 amide bonds. The summed E-state index contributed by atoms with van der Waals surface area (Å²) in [7, 11) is -0.607. The zero-order valence-electron chi connectivity index (χ0n) is 21.0. The quantitative estimate of drug-likeness (QED) is 0.423. The predicted octanol–water partition coefficient (Wildman–Crippen LogP) is 3.93. The van der Waals surface area contributed by atoms with Crippen LogP contribution in [-0.4, -0.2) is 70.2 Å². The van der Waals surface area contributed by atoms with Crippen molar-refractivity contribution >= 4 is 42.6 Å². The third-order valence-corrected chi connectivity index (χ3v) is 9.85. The fourth-order valence-corrected chi connectivity index (χ4v) is 7.45. The number of anilines is 1. The smallest absolute Gasteiger partial charge is 0.243 e. The third-order valence-electron chi connectivity index (χ3n) is 6.93. The summed E-state index contributed by atoms with van der Waals surface area (Å²) >= 11 is 1.43. The molecular formula is C26H31N3O6S2. The maximum atomic E-state index is 14.0. The molecule has 0 aliphatic carbocycles. The van der Waals surface area contributed by atoms with Crippen LogP contribution in [0.15, 0.2) is 47.4 Å². The van der Waals surface area contributed by atoms with Crippen molar-refractivity contribution in [2.75, 3.05) is 45.4 Å². The molecule has 0 N–H and O–H groups in total. The fourth-order valence-electron chi connectivity index (χ4n) is 4.93. The average Bonchev–Trinajstić information content (AvgIpc) is 3.61. The van der Waals surface area contributed by atoms with Crippen molar-refractivity contribution in [2.45, 2.75) is 36.7 Å². The Morgan fingerprint density at radius 2 is 1.95 bits per heavy atom. The molecular weight excluding hydrogens is 514 g/mol. The van der Waals surface area contributed by atoms with E-state index in [4.69, 9.17) is 19.2 Å². The lowest BCUT2D eigenvalue weighted by Gasteiger charge is -2.34. The number of piperidine rings is 1. The number of hydrogen-bond donors (Lipinski definition) is 0. The van der Waals surface area contributed by atoms with Crippen LogP contribution in [0, 0.1) is 5.92 Å². The number of aromatic nitrogens is 1. The first-order valence-corrected chi connectivity index (χ1v) is 14.7. The Morgan fingerprint density at radius 1 is 1.14 bits per heavy atom. The number of hydrogen-bond acceptors (Lipinski definition) is 8. The van der Waals surface area contributed by atoms with E-state index in [2.05, 4.69) is 0 Å². The molecule has 0 radical (unpaired) electrons. The van der Waals surface area contributed by atoms with E-state index >= 15 is 0 Å². The highest BCUT2D eigenvalue weighted by Gasteiger charge is 2.37. The minimum atomic E-state index is -3.74. The highest BCUT2D eigenvalue weighted by molar-refractivity contribution is 7.89. The van der Waals surface area contributed by atoms with Gasteiger partial charge >= 0.3 is 0 Å². The highest BCUT2D eigenvalue weighted by atomic mass is 32.2. The number of sulfonamides is 1. The van der Waals surface area contributed by atoms with Gasteiger partial charge in [-0.15, -0.1) is 0 Å². The summed E-state index contributed by atoms with van der Waals surface area (Å²) in [6, 6.07) is 12.0. The molecule has 11 heteroatoms. The summed E-state index contributed by atoms with van der Waals surface area (Å²) in [6.45, 7) is 1.58. The molecule has 1 aromatic heterocycles. The van der Waals surface area contributed by atoms with E-state index in [1.165, 1.54) is 34.9 Å². The molecule has 0 saturated carbocycles.